The van der Waals surface area contributed by atoms with Crippen LogP contribution in [0, 0.1) is 6.92 Å². The van der Waals surface area contributed by atoms with E-state index in [-0.39, 0.29) is 0 Å². The second kappa shape index (κ2) is 6.94. The van der Waals surface area contributed by atoms with Crippen molar-refractivity contribution < 1.29 is 4.42 Å². The number of furan rings is 1. The summed E-state index contributed by atoms with van der Waals surface area (Å²) in [6.07, 6.45) is 0. The normalized spacial score (nSPS) is 10.9. The van der Waals surface area contributed by atoms with Crippen molar-refractivity contribution in [3.63, 3.8) is 0 Å². The summed E-state index contributed by atoms with van der Waals surface area (Å²) in [7, 11) is 0. The van der Waals surface area contributed by atoms with Gasteiger partial charge in [0.25, 0.3) is 0 Å². The van der Waals surface area contributed by atoms with Crippen LogP contribution in [0.4, 0.5) is 0 Å². The fraction of sp³-hybridized carbons (Fsp3) is 0.0476. The topological polar surface area (TPSA) is 38.9 Å². The first-order valence-electron chi connectivity index (χ1n) is 8.06. The van der Waals surface area contributed by atoms with Gasteiger partial charge >= 0.3 is 0 Å². The first kappa shape index (κ1) is 16.8. The fourth-order valence-corrected chi connectivity index (χ4v) is 2.99. The number of rotatable bonds is 3. The van der Waals surface area contributed by atoms with Crippen LogP contribution in [-0.4, -0.2) is 10.2 Å². The molecule has 0 saturated carbocycles. The van der Waals surface area contributed by atoms with Gasteiger partial charge in [-0.05, 0) is 49.4 Å². The molecule has 0 atom stereocenters. The van der Waals surface area contributed by atoms with E-state index in [0.717, 1.165) is 39.6 Å². The summed E-state index contributed by atoms with van der Waals surface area (Å²) in [4.78, 5) is 0. The third-order valence-electron chi connectivity index (χ3n) is 4.06. The van der Waals surface area contributed by atoms with E-state index in [1.54, 1.807) is 0 Å². The maximum absolute atomic E-state index is 6.01. The molecule has 2 aromatic carbocycles. The largest absolute Gasteiger partial charge is 0.461 e. The van der Waals surface area contributed by atoms with Crippen LogP contribution in [0.1, 0.15) is 5.76 Å². The average Bonchev–Trinajstić information content (AvgIpc) is 3.09. The van der Waals surface area contributed by atoms with E-state index >= 15 is 0 Å². The van der Waals surface area contributed by atoms with Crippen molar-refractivity contribution in [2.45, 2.75) is 6.92 Å². The number of hydrogen-bond acceptors (Lipinski definition) is 3. The maximum atomic E-state index is 6.01. The molecule has 128 valence electrons. The van der Waals surface area contributed by atoms with E-state index in [1.165, 1.54) is 0 Å². The standard InChI is InChI=1S/C21H14Cl2N2O/c1-13-2-11-20(26-13)18-12-19(14-3-7-16(22)8-4-14)24-25-21(18)15-5-9-17(23)10-6-15/h2-12H,1H3. The minimum Gasteiger partial charge on any atom is -0.461 e. The molecule has 0 bridgehead atoms. The highest BCUT2D eigenvalue weighted by Crippen LogP contribution is 2.34. The molecule has 0 aliphatic heterocycles. The lowest BCUT2D eigenvalue weighted by Crippen LogP contribution is -1.95. The zero-order valence-electron chi connectivity index (χ0n) is 13.9. The third-order valence-corrected chi connectivity index (χ3v) is 4.56. The van der Waals surface area contributed by atoms with Crippen LogP contribution in [-0.2, 0) is 0 Å². The van der Waals surface area contributed by atoms with Crippen LogP contribution in [0.5, 0.6) is 0 Å². The van der Waals surface area contributed by atoms with Crippen molar-refractivity contribution in [1.82, 2.24) is 10.2 Å². The smallest absolute Gasteiger partial charge is 0.136 e. The molecule has 4 rings (SSSR count). The second-order valence-electron chi connectivity index (χ2n) is 5.92. The van der Waals surface area contributed by atoms with Crippen LogP contribution in [0.2, 0.25) is 10.0 Å². The van der Waals surface area contributed by atoms with Crippen molar-refractivity contribution in [1.29, 1.82) is 0 Å². The minimum absolute atomic E-state index is 0.676. The summed E-state index contributed by atoms with van der Waals surface area (Å²) in [6, 6.07) is 20.9. The first-order chi connectivity index (χ1) is 12.6. The molecule has 0 fully saturated rings. The third kappa shape index (κ3) is 3.36. The molecule has 0 N–H and O–H groups in total. The lowest BCUT2D eigenvalue weighted by molar-refractivity contribution is 0.548. The van der Waals surface area contributed by atoms with Gasteiger partial charge in [0.15, 0.2) is 0 Å². The van der Waals surface area contributed by atoms with Crippen molar-refractivity contribution in [3.8, 4) is 33.8 Å². The SMILES string of the molecule is Cc1ccc(-c2cc(-c3ccc(Cl)cc3)nnc2-c2ccc(Cl)cc2)o1. The van der Waals surface area contributed by atoms with E-state index in [9.17, 15) is 0 Å². The lowest BCUT2D eigenvalue weighted by atomic mass is 10.0. The summed E-state index contributed by atoms with van der Waals surface area (Å²) >= 11 is 12.0. The Morgan fingerprint density at radius 2 is 1.35 bits per heavy atom. The molecule has 5 heteroatoms. The Hall–Kier alpha value is -2.62. The summed E-state index contributed by atoms with van der Waals surface area (Å²) in [6.45, 7) is 1.92. The zero-order valence-corrected chi connectivity index (χ0v) is 15.4. The van der Waals surface area contributed by atoms with E-state index in [4.69, 9.17) is 27.6 Å². The van der Waals surface area contributed by atoms with Crippen LogP contribution in [0.25, 0.3) is 33.8 Å². The summed E-state index contributed by atoms with van der Waals surface area (Å²) in [5.41, 5.74) is 4.24. The number of aromatic nitrogens is 2. The van der Waals surface area contributed by atoms with Crippen molar-refractivity contribution in [2.24, 2.45) is 0 Å². The van der Waals surface area contributed by atoms with Gasteiger partial charge < -0.3 is 4.42 Å². The second-order valence-corrected chi connectivity index (χ2v) is 6.79. The highest BCUT2D eigenvalue weighted by molar-refractivity contribution is 6.30. The van der Waals surface area contributed by atoms with Gasteiger partial charge in [-0.15, -0.1) is 10.2 Å². The zero-order chi connectivity index (χ0) is 18.1. The molecule has 0 radical (unpaired) electrons. The van der Waals surface area contributed by atoms with Gasteiger partial charge in [-0.25, -0.2) is 0 Å². The lowest BCUT2D eigenvalue weighted by Gasteiger charge is -2.09. The van der Waals surface area contributed by atoms with E-state index < -0.39 is 0 Å². The molecule has 0 spiro atoms. The Kier molecular flexibility index (Phi) is 4.49. The molecule has 2 aromatic heterocycles. The van der Waals surface area contributed by atoms with Crippen LogP contribution in [0.3, 0.4) is 0 Å². The predicted molar refractivity (Wildman–Crippen MR) is 105 cm³/mol. The first-order valence-corrected chi connectivity index (χ1v) is 8.82. The number of aryl methyl sites for hydroxylation is 1. The molecule has 0 amide bonds. The van der Waals surface area contributed by atoms with Gasteiger partial charge in [0, 0.05) is 26.7 Å². The van der Waals surface area contributed by atoms with Crippen molar-refractivity contribution in [2.75, 3.05) is 0 Å². The quantitative estimate of drug-likeness (QED) is 0.397. The van der Waals surface area contributed by atoms with E-state index in [0.29, 0.717) is 10.0 Å². The van der Waals surface area contributed by atoms with Gasteiger partial charge in [-0.1, -0.05) is 47.5 Å². The number of hydrogen-bond donors (Lipinski definition) is 0. The Labute approximate surface area is 161 Å². The molecule has 0 saturated heterocycles. The molecule has 4 aromatic rings. The van der Waals surface area contributed by atoms with Crippen molar-refractivity contribution >= 4 is 23.2 Å². The van der Waals surface area contributed by atoms with E-state index in [1.807, 2.05) is 73.7 Å². The molecule has 2 heterocycles. The molecular formula is C21H14Cl2N2O. The number of nitrogens with zero attached hydrogens (tertiary/aromatic N) is 2. The molecule has 0 aliphatic rings. The maximum Gasteiger partial charge on any atom is 0.136 e. The monoisotopic (exact) mass is 380 g/mol. The Morgan fingerprint density at radius 1 is 0.731 bits per heavy atom. The molecule has 26 heavy (non-hydrogen) atoms. The van der Waals surface area contributed by atoms with Crippen molar-refractivity contribution in [3.05, 3.63) is 82.5 Å². The van der Waals surface area contributed by atoms with Gasteiger partial charge in [0.1, 0.15) is 17.2 Å². The van der Waals surface area contributed by atoms with Gasteiger partial charge in [-0.3, -0.25) is 0 Å². The summed E-state index contributed by atoms with van der Waals surface area (Å²) in [5, 5.41) is 10.2. The summed E-state index contributed by atoms with van der Waals surface area (Å²) in [5.74, 6) is 1.59. The number of benzene rings is 2. The van der Waals surface area contributed by atoms with Crippen LogP contribution < -0.4 is 0 Å². The molecule has 0 aliphatic carbocycles. The Balaban J connectivity index is 1.88. The Bertz CT molecular complexity index is 1050. The molecular weight excluding hydrogens is 367 g/mol. The highest BCUT2D eigenvalue weighted by atomic mass is 35.5. The number of halogens is 2. The minimum atomic E-state index is 0.676. The molecule has 0 unspecified atom stereocenters. The van der Waals surface area contributed by atoms with Crippen LogP contribution in [0.15, 0.2) is 71.1 Å². The average molecular weight is 381 g/mol. The fourth-order valence-electron chi connectivity index (χ4n) is 2.74. The molecule has 3 nitrogen and oxygen atoms in total. The van der Waals surface area contributed by atoms with Gasteiger partial charge in [0.05, 0.1) is 5.69 Å². The van der Waals surface area contributed by atoms with Crippen LogP contribution >= 0.6 is 23.2 Å². The summed E-state index contributed by atoms with van der Waals surface area (Å²) < 4.78 is 5.85. The van der Waals surface area contributed by atoms with E-state index in [2.05, 4.69) is 10.2 Å². The van der Waals surface area contributed by atoms with Gasteiger partial charge in [-0.2, -0.15) is 0 Å². The predicted octanol–water partition coefficient (Wildman–Crippen LogP) is 6.69. The van der Waals surface area contributed by atoms with Gasteiger partial charge in [0.2, 0.25) is 0 Å². The Morgan fingerprint density at radius 3 is 1.92 bits per heavy atom. The highest BCUT2D eigenvalue weighted by Gasteiger charge is 2.15.